The lowest BCUT2D eigenvalue weighted by Crippen LogP contribution is -2.43. The summed E-state index contributed by atoms with van der Waals surface area (Å²) in [5.74, 6) is -5.47. The highest BCUT2D eigenvalue weighted by Gasteiger charge is 2.22. The van der Waals surface area contributed by atoms with E-state index in [0.717, 1.165) is 57.8 Å². The molecule has 9 N–H and O–H groups in total. The van der Waals surface area contributed by atoms with Gasteiger partial charge in [-0.25, -0.2) is 9.59 Å². The Kier molecular flexibility index (Phi) is 43.2. The molecule has 6 amide bonds. The lowest BCUT2D eigenvalue weighted by molar-refractivity contribution is -0.143. The molecule has 0 spiro atoms. The van der Waals surface area contributed by atoms with Crippen molar-refractivity contribution in [3.8, 4) is 0 Å². The third-order valence-electron chi connectivity index (χ3n) is 10.7. The first kappa shape index (κ1) is 65.1. The Hall–Kier alpha value is -4.93. The summed E-state index contributed by atoms with van der Waals surface area (Å²) in [5.41, 5.74) is 0. The highest BCUT2D eigenvalue weighted by Crippen LogP contribution is 2.14. The van der Waals surface area contributed by atoms with E-state index in [2.05, 4.69) is 31.9 Å². The number of unbranched alkanes of at least 4 members (excludes halogenated alkanes) is 14. The predicted octanol–water partition coefficient (Wildman–Crippen LogP) is 3.12. The fourth-order valence-electron chi connectivity index (χ4n) is 6.74. The van der Waals surface area contributed by atoms with Gasteiger partial charge in [0.1, 0.15) is 25.3 Å². The van der Waals surface area contributed by atoms with Crippen molar-refractivity contribution in [1.29, 1.82) is 0 Å². The van der Waals surface area contributed by atoms with E-state index in [4.69, 9.17) is 24.1 Å². The van der Waals surface area contributed by atoms with Crippen molar-refractivity contribution in [2.24, 2.45) is 0 Å². The van der Waals surface area contributed by atoms with Gasteiger partial charge in [0.15, 0.2) is 0 Å². The Bertz CT molecular complexity index is 1470. The van der Waals surface area contributed by atoms with Gasteiger partial charge < -0.3 is 66.2 Å². The first-order valence-electron chi connectivity index (χ1n) is 25.4. The van der Waals surface area contributed by atoms with Gasteiger partial charge in [-0.15, -0.1) is 0 Å². The Morgan fingerprint density at radius 2 is 0.714 bits per heavy atom. The van der Waals surface area contributed by atoms with Crippen molar-refractivity contribution in [2.75, 3.05) is 79.0 Å². The average Bonchev–Trinajstić information content (AvgIpc) is 3.31. The third kappa shape index (κ3) is 44.3. The highest BCUT2D eigenvalue weighted by molar-refractivity contribution is 5.85. The van der Waals surface area contributed by atoms with E-state index in [1.807, 2.05) is 6.92 Å². The number of carboxylic acid groups (broad SMARTS) is 3. The maximum Gasteiger partial charge on any atom is 0.326 e. The summed E-state index contributed by atoms with van der Waals surface area (Å²) in [6.45, 7) is 3.38. The molecule has 0 fully saturated rings. The molecule has 0 aromatic rings. The van der Waals surface area contributed by atoms with Gasteiger partial charge >= 0.3 is 17.9 Å². The summed E-state index contributed by atoms with van der Waals surface area (Å²) < 4.78 is 21.2. The average molecular weight is 1000 g/mol. The maximum atomic E-state index is 12.3. The van der Waals surface area contributed by atoms with Gasteiger partial charge in [0.05, 0.1) is 39.6 Å². The van der Waals surface area contributed by atoms with Gasteiger partial charge in [-0.1, -0.05) is 90.4 Å². The summed E-state index contributed by atoms with van der Waals surface area (Å²) in [6, 6.07) is -2.45. The number of nitrogens with one attached hydrogen (secondary N) is 6. The third-order valence-corrected chi connectivity index (χ3v) is 10.7. The van der Waals surface area contributed by atoms with Crippen LogP contribution in [0.15, 0.2) is 0 Å². The van der Waals surface area contributed by atoms with Crippen LogP contribution in [0.3, 0.4) is 0 Å². The van der Waals surface area contributed by atoms with Crippen molar-refractivity contribution >= 4 is 53.4 Å². The number of rotatable bonds is 50. The molecule has 0 saturated carbocycles. The van der Waals surface area contributed by atoms with Gasteiger partial charge in [-0.2, -0.15) is 0 Å². The number of aliphatic carboxylic acids is 3. The van der Waals surface area contributed by atoms with Crippen molar-refractivity contribution < 1.29 is 77.4 Å². The van der Waals surface area contributed by atoms with E-state index in [9.17, 15) is 53.4 Å². The Balaban J connectivity index is 3.79. The molecule has 0 rings (SSSR count). The summed E-state index contributed by atoms with van der Waals surface area (Å²) in [6.07, 6.45) is 17.6. The standard InChI is InChI=1S/C48H86N6O16/c1-2-3-26-49-40(55)20-18-27-50-41(56)24-23-39(48(65)66)54-45(60)37-70-35-33-68-31-29-52-44(59)36-69-34-32-67-30-28-51-42(57)25-22-38(47(63)64)53-43(58)19-16-14-12-10-8-6-4-5-7-9-11-13-15-17-21-46(61)62/h38-39H,2-37H2,1H3,(H,49,55)(H,50,56)(H,51,57)(H,52,59)(H,53,58)(H,54,60)(H,61,62)(H,63,64)(H,65,66)/t38-,39?/m0/s1. The number of hydrogen-bond acceptors (Lipinski definition) is 13. The molecule has 2 atom stereocenters. The number of carbonyl (C=O) groups excluding carboxylic acids is 6. The number of amides is 6. The molecule has 70 heavy (non-hydrogen) atoms. The molecule has 0 aliphatic rings. The molecule has 0 aromatic carbocycles. The molecule has 0 aliphatic heterocycles. The minimum Gasteiger partial charge on any atom is -0.481 e. The normalized spacial score (nSPS) is 11.8. The van der Waals surface area contributed by atoms with Crippen LogP contribution in [0.2, 0.25) is 0 Å². The van der Waals surface area contributed by atoms with Crippen LogP contribution < -0.4 is 31.9 Å². The second-order valence-corrected chi connectivity index (χ2v) is 17.0. The topological polar surface area (TPSA) is 323 Å². The number of carbonyl (C=O) groups is 9. The minimum absolute atomic E-state index is 0.0308. The van der Waals surface area contributed by atoms with Gasteiger partial charge in [0, 0.05) is 58.3 Å². The fraction of sp³-hybridized carbons (Fsp3) is 0.812. The van der Waals surface area contributed by atoms with Crippen molar-refractivity contribution in [2.45, 2.75) is 173 Å². The molecule has 22 heteroatoms. The van der Waals surface area contributed by atoms with Gasteiger partial charge in [-0.05, 0) is 38.5 Å². The van der Waals surface area contributed by atoms with E-state index in [-0.39, 0.29) is 140 Å². The van der Waals surface area contributed by atoms with E-state index >= 15 is 0 Å². The molecule has 0 radical (unpaired) electrons. The van der Waals surface area contributed by atoms with Crippen LogP contribution >= 0.6 is 0 Å². The first-order valence-corrected chi connectivity index (χ1v) is 25.4. The number of hydrogen-bond donors (Lipinski definition) is 9. The summed E-state index contributed by atoms with van der Waals surface area (Å²) in [5, 5.41) is 43.1. The van der Waals surface area contributed by atoms with Crippen LogP contribution in [-0.4, -0.2) is 160 Å². The van der Waals surface area contributed by atoms with Crippen molar-refractivity contribution in [3.05, 3.63) is 0 Å². The lowest BCUT2D eigenvalue weighted by atomic mass is 10.0. The minimum atomic E-state index is -1.29. The molecule has 0 bridgehead atoms. The zero-order chi connectivity index (χ0) is 51.9. The van der Waals surface area contributed by atoms with Gasteiger partial charge in [-0.3, -0.25) is 33.6 Å². The second-order valence-electron chi connectivity index (χ2n) is 17.0. The SMILES string of the molecule is CCCCNC(=O)CCCNC(=O)CCC(NC(=O)COCCOCCNC(=O)COCCOCCNC(=O)CC[C@H](NC(=O)CCCCCCCCCCCCCCCCC(=O)O)C(=O)O)C(=O)O. The summed E-state index contributed by atoms with van der Waals surface area (Å²) >= 11 is 0. The smallest absolute Gasteiger partial charge is 0.326 e. The molecule has 404 valence electrons. The van der Waals surface area contributed by atoms with Gasteiger partial charge in [0.25, 0.3) is 0 Å². The van der Waals surface area contributed by atoms with Crippen molar-refractivity contribution in [1.82, 2.24) is 31.9 Å². The zero-order valence-electron chi connectivity index (χ0n) is 41.8. The van der Waals surface area contributed by atoms with Crippen LogP contribution in [-0.2, 0) is 62.1 Å². The fourth-order valence-corrected chi connectivity index (χ4v) is 6.74. The molecule has 0 aromatic heterocycles. The Labute approximate surface area is 413 Å². The van der Waals surface area contributed by atoms with Crippen LogP contribution in [0.4, 0.5) is 0 Å². The van der Waals surface area contributed by atoms with E-state index in [1.165, 1.54) is 38.5 Å². The van der Waals surface area contributed by atoms with E-state index in [0.29, 0.717) is 19.4 Å². The Morgan fingerprint density at radius 1 is 0.357 bits per heavy atom. The van der Waals surface area contributed by atoms with Gasteiger partial charge in [0.2, 0.25) is 35.4 Å². The molecule has 1 unspecified atom stereocenters. The Morgan fingerprint density at radius 3 is 1.17 bits per heavy atom. The van der Waals surface area contributed by atoms with Crippen LogP contribution in [0, 0.1) is 0 Å². The monoisotopic (exact) mass is 1000 g/mol. The molecule has 22 nitrogen and oxygen atoms in total. The first-order chi connectivity index (χ1) is 33.7. The lowest BCUT2D eigenvalue weighted by Gasteiger charge is -2.14. The van der Waals surface area contributed by atoms with Crippen LogP contribution in [0.1, 0.15) is 161 Å². The molecule has 0 aliphatic carbocycles. The van der Waals surface area contributed by atoms with Crippen LogP contribution in [0.25, 0.3) is 0 Å². The summed E-state index contributed by atoms with van der Waals surface area (Å²) in [7, 11) is 0. The predicted molar refractivity (Wildman–Crippen MR) is 259 cm³/mol. The number of carboxylic acids is 3. The second kappa shape index (κ2) is 46.5. The van der Waals surface area contributed by atoms with Crippen LogP contribution in [0.5, 0.6) is 0 Å². The largest absolute Gasteiger partial charge is 0.481 e. The molecule has 0 heterocycles. The quantitative estimate of drug-likeness (QED) is 0.0396. The molecular weight excluding hydrogens is 917 g/mol. The van der Waals surface area contributed by atoms with E-state index < -0.39 is 42.5 Å². The zero-order valence-corrected chi connectivity index (χ0v) is 41.8. The highest BCUT2D eigenvalue weighted by atomic mass is 16.5. The summed E-state index contributed by atoms with van der Waals surface area (Å²) in [4.78, 5) is 106. The molecule has 0 saturated heterocycles. The van der Waals surface area contributed by atoms with E-state index in [1.54, 1.807) is 0 Å². The molecular formula is C48H86N6O16. The number of ether oxygens (including phenoxy) is 4. The van der Waals surface area contributed by atoms with Crippen molar-refractivity contribution in [3.63, 3.8) is 0 Å². The maximum absolute atomic E-state index is 12.3.